The van der Waals surface area contributed by atoms with Crippen LogP contribution in [0.2, 0.25) is 0 Å². The second-order valence-electron chi connectivity index (χ2n) is 6.56. The van der Waals surface area contributed by atoms with Gasteiger partial charge in [0.1, 0.15) is 36.4 Å². The molecular weight excluding hydrogens is 388 g/mol. The maximum Gasteiger partial charge on any atom is 0.266 e. The van der Waals surface area contributed by atoms with Gasteiger partial charge >= 0.3 is 0 Å². The van der Waals surface area contributed by atoms with Gasteiger partial charge in [0.05, 0.1) is 0 Å². The largest absolute Gasteiger partial charge is 0.489 e. The van der Waals surface area contributed by atoms with Gasteiger partial charge in [0, 0.05) is 11.3 Å². The lowest BCUT2D eigenvalue weighted by molar-refractivity contribution is -0.112. The Bertz CT molecular complexity index is 1100. The van der Waals surface area contributed by atoms with Crippen molar-refractivity contribution in [2.45, 2.75) is 6.61 Å². The monoisotopic (exact) mass is 410 g/mol. The molecule has 0 unspecified atom stereocenters. The van der Waals surface area contributed by atoms with E-state index in [0.717, 1.165) is 5.56 Å². The molecule has 1 amide bonds. The highest BCUT2D eigenvalue weighted by atomic mass is 16.5. The molecule has 0 aliphatic heterocycles. The van der Waals surface area contributed by atoms with Crippen LogP contribution in [0.4, 0.5) is 5.69 Å². The summed E-state index contributed by atoms with van der Waals surface area (Å²) in [5, 5.41) is 12.2. The molecule has 5 nitrogen and oxygen atoms in total. The Morgan fingerprint density at radius 3 is 2.39 bits per heavy atom. The minimum absolute atomic E-state index is 0.0287. The Hall–Kier alpha value is -4.30. The van der Waals surface area contributed by atoms with Crippen LogP contribution in [0.25, 0.3) is 6.08 Å². The number of rotatable bonds is 9. The van der Waals surface area contributed by atoms with Crippen molar-refractivity contribution < 1.29 is 14.3 Å². The Morgan fingerprint density at radius 2 is 1.68 bits per heavy atom. The van der Waals surface area contributed by atoms with Crippen molar-refractivity contribution in [3.8, 4) is 17.6 Å². The summed E-state index contributed by atoms with van der Waals surface area (Å²) in [6, 6.07) is 26.0. The number of para-hydroxylation sites is 1. The van der Waals surface area contributed by atoms with E-state index in [4.69, 9.17) is 9.47 Å². The van der Waals surface area contributed by atoms with Crippen molar-refractivity contribution in [3.05, 3.63) is 108 Å². The standard InChI is InChI=1S/C26H22N2O3/c1-2-16-30-25-11-7-6-10-21(25)17-22(18-27)26(29)28-23-12-14-24(15-13-23)31-19-20-8-4-3-5-9-20/h2-15,17H,1,16,19H2,(H,28,29)/b22-17+. The van der Waals surface area contributed by atoms with E-state index in [9.17, 15) is 10.1 Å². The molecule has 0 aromatic heterocycles. The number of nitrogens with zero attached hydrogens (tertiary/aromatic N) is 1. The summed E-state index contributed by atoms with van der Waals surface area (Å²) in [5.74, 6) is 0.757. The van der Waals surface area contributed by atoms with Crippen LogP contribution < -0.4 is 14.8 Å². The van der Waals surface area contributed by atoms with Gasteiger partial charge in [-0.3, -0.25) is 4.79 Å². The molecule has 0 spiro atoms. The average Bonchev–Trinajstić information content (AvgIpc) is 2.82. The number of hydrogen-bond acceptors (Lipinski definition) is 4. The number of hydrogen-bond donors (Lipinski definition) is 1. The van der Waals surface area contributed by atoms with E-state index in [2.05, 4.69) is 11.9 Å². The van der Waals surface area contributed by atoms with Crippen LogP contribution in [-0.2, 0) is 11.4 Å². The van der Waals surface area contributed by atoms with Crippen LogP contribution in [0, 0.1) is 11.3 Å². The molecule has 0 atom stereocenters. The average molecular weight is 410 g/mol. The molecular formula is C26H22N2O3. The van der Waals surface area contributed by atoms with Crippen molar-refractivity contribution in [3.63, 3.8) is 0 Å². The number of carbonyl (C=O) groups is 1. The number of anilines is 1. The van der Waals surface area contributed by atoms with Gasteiger partial charge in [-0.05, 0) is 42.0 Å². The van der Waals surface area contributed by atoms with E-state index in [0.29, 0.717) is 36.0 Å². The molecule has 3 aromatic rings. The molecule has 31 heavy (non-hydrogen) atoms. The maximum atomic E-state index is 12.6. The van der Waals surface area contributed by atoms with E-state index in [1.165, 1.54) is 6.08 Å². The molecule has 3 aromatic carbocycles. The predicted octanol–water partition coefficient (Wildman–Crippen LogP) is 5.38. The molecule has 1 N–H and O–H groups in total. The Morgan fingerprint density at radius 1 is 0.968 bits per heavy atom. The molecule has 0 bridgehead atoms. The SMILES string of the molecule is C=CCOc1ccccc1/C=C(\C#N)C(=O)Nc1ccc(OCc2ccccc2)cc1. The van der Waals surface area contributed by atoms with Crippen LogP contribution >= 0.6 is 0 Å². The Balaban J connectivity index is 1.65. The predicted molar refractivity (Wildman–Crippen MR) is 122 cm³/mol. The number of nitriles is 1. The molecule has 3 rings (SSSR count). The van der Waals surface area contributed by atoms with Crippen LogP contribution in [-0.4, -0.2) is 12.5 Å². The molecule has 0 fully saturated rings. The molecule has 0 aliphatic rings. The van der Waals surface area contributed by atoms with Gasteiger partial charge in [-0.2, -0.15) is 5.26 Å². The molecule has 0 saturated carbocycles. The summed E-state index contributed by atoms with van der Waals surface area (Å²) in [5.41, 5.74) is 2.25. The number of carbonyl (C=O) groups excluding carboxylic acids is 1. The minimum atomic E-state index is -0.501. The summed E-state index contributed by atoms with van der Waals surface area (Å²) in [4.78, 5) is 12.6. The number of amides is 1. The van der Waals surface area contributed by atoms with E-state index in [1.54, 1.807) is 42.5 Å². The van der Waals surface area contributed by atoms with Crippen LogP contribution in [0.15, 0.2) is 97.1 Å². The molecule has 0 aliphatic carbocycles. The van der Waals surface area contributed by atoms with Crippen molar-refractivity contribution in [2.75, 3.05) is 11.9 Å². The van der Waals surface area contributed by atoms with E-state index in [1.807, 2.05) is 48.5 Å². The number of benzene rings is 3. The summed E-state index contributed by atoms with van der Waals surface area (Å²) in [6.45, 7) is 4.42. The van der Waals surface area contributed by atoms with Crippen LogP contribution in [0.3, 0.4) is 0 Å². The fourth-order valence-corrected chi connectivity index (χ4v) is 2.76. The van der Waals surface area contributed by atoms with Crippen molar-refractivity contribution in [2.24, 2.45) is 0 Å². The lowest BCUT2D eigenvalue weighted by Crippen LogP contribution is -2.13. The topological polar surface area (TPSA) is 71.3 Å². The van der Waals surface area contributed by atoms with Crippen molar-refractivity contribution >= 4 is 17.7 Å². The highest BCUT2D eigenvalue weighted by Gasteiger charge is 2.11. The zero-order chi connectivity index (χ0) is 21.9. The summed E-state index contributed by atoms with van der Waals surface area (Å²) in [7, 11) is 0. The maximum absolute atomic E-state index is 12.6. The first kappa shape index (κ1) is 21.4. The van der Waals surface area contributed by atoms with Gasteiger partial charge in [0.25, 0.3) is 5.91 Å². The fourth-order valence-electron chi connectivity index (χ4n) is 2.76. The number of ether oxygens (including phenoxy) is 2. The van der Waals surface area contributed by atoms with Gasteiger partial charge in [0.15, 0.2) is 0 Å². The third-order valence-electron chi connectivity index (χ3n) is 4.30. The smallest absolute Gasteiger partial charge is 0.266 e. The summed E-state index contributed by atoms with van der Waals surface area (Å²) >= 11 is 0. The molecule has 0 heterocycles. The fraction of sp³-hybridized carbons (Fsp3) is 0.0769. The van der Waals surface area contributed by atoms with Gasteiger partial charge in [-0.1, -0.05) is 61.2 Å². The van der Waals surface area contributed by atoms with E-state index >= 15 is 0 Å². The Labute approximate surface area is 181 Å². The van der Waals surface area contributed by atoms with E-state index in [-0.39, 0.29) is 5.57 Å². The second kappa shape index (κ2) is 11.0. The first-order valence-electron chi connectivity index (χ1n) is 9.72. The molecule has 154 valence electrons. The first-order chi connectivity index (χ1) is 15.2. The lowest BCUT2D eigenvalue weighted by Gasteiger charge is -2.09. The summed E-state index contributed by atoms with van der Waals surface area (Å²) < 4.78 is 11.3. The molecule has 0 saturated heterocycles. The normalized spacial score (nSPS) is 10.6. The quantitative estimate of drug-likeness (QED) is 0.292. The first-order valence-corrected chi connectivity index (χ1v) is 9.72. The zero-order valence-electron chi connectivity index (χ0n) is 17.0. The van der Waals surface area contributed by atoms with Gasteiger partial charge in [-0.15, -0.1) is 0 Å². The van der Waals surface area contributed by atoms with Crippen LogP contribution in [0.5, 0.6) is 11.5 Å². The van der Waals surface area contributed by atoms with Gasteiger partial charge in [0.2, 0.25) is 0 Å². The van der Waals surface area contributed by atoms with Crippen LogP contribution in [0.1, 0.15) is 11.1 Å². The highest BCUT2D eigenvalue weighted by Crippen LogP contribution is 2.22. The van der Waals surface area contributed by atoms with Crippen molar-refractivity contribution in [1.82, 2.24) is 0 Å². The second-order valence-corrected chi connectivity index (χ2v) is 6.56. The number of nitrogens with one attached hydrogen (secondary N) is 1. The minimum Gasteiger partial charge on any atom is -0.489 e. The zero-order valence-corrected chi connectivity index (χ0v) is 17.0. The molecule has 5 heteroatoms. The molecule has 0 radical (unpaired) electrons. The van der Waals surface area contributed by atoms with Gasteiger partial charge < -0.3 is 14.8 Å². The third-order valence-corrected chi connectivity index (χ3v) is 4.30. The van der Waals surface area contributed by atoms with E-state index < -0.39 is 5.91 Å². The lowest BCUT2D eigenvalue weighted by atomic mass is 10.1. The third kappa shape index (κ3) is 6.34. The van der Waals surface area contributed by atoms with Crippen molar-refractivity contribution in [1.29, 1.82) is 5.26 Å². The van der Waals surface area contributed by atoms with Gasteiger partial charge in [-0.25, -0.2) is 0 Å². The Kier molecular flexibility index (Phi) is 7.62. The highest BCUT2D eigenvalue weighted by molar-refractivity contribution is 6.09. The summed E-state index contributed by atoms with van der Waals surface area (Å²) in [6.07, 6.45) is 3.14.